The topological polar surface area (TPSA) is 38.9 Å². The van der Waals surface area contributed by atoms with Crippen LogP contribution in [0.5, 0.6) is 0 Å². The number of nitrogens with zero attached hydrogens (tertiary/aromatic N) is 1. The second kappa shape index (κ2) is 3.01. The minimum Gasteiger partial charge on any atom is -0.398 e. The van der Waals surface area contributed by atoms with E-state index >= 15 is 0 Å². The molecule has 1 aromatic heterocycles. The molecule has 54 valence electrons. The first-order chi connectivity index (χ1) is 4.74. The van der Waals surface area contributed by atoms with Crippen LogP contribution in [0.15, 0.2) is 16.9 Å². The quantitative estimate of drug-likeness (QED) is 0.705. The van der Waals surface area contributed by atoms with E-state index in [0.29, 0.717) is 0 Å². The average Bonchev–Trinajstić information content (AvgIpc) is 1.88. The van der Waals surface area contributed by atoms with Gasteiger partial charge in [0.25, 0.3) is 0 Å². The molecule has 0 unspecified atom stereocenters. The van der Waals surface area contributed by atoms with Crippen molar-refractivity contribution in [1.29, 1.82) is 0 Å². The van der Waals surface area contributed by atoms with Crippen LogP contribution in [-0.2, 0) is 6.42 Å². The summed E-state index contributed by atoms with van der Waals surface area (Å²) in [5.41, 5.74) is 7.57. The standard InChI is InChI=1S/C7H9BrN2/c1-2-5-4-10-7(8)3-6(5)9/h3-4H,2H2,1H3,(H2,9,10). The Hall–Kier alpha value is -0.570. The fourth-order valence-electron chi connectivity index (χ4n) is 0.768. The highest BCUT2D eigenvalue weighted by Gasteiger charge is 1.96. The molecule has 0 atom stereocenters. The summed E-state index contributed by atoms with van der Waals surface area (Å²) in [5.74, 6) is 0. The van der Waals surface area contributed by atoms with E-state index in [0.717, 1.165) is 22.3 Å². The molecular formula is C7H9BrN2. The van der Waals surface area contributed by atoms with Gasteiger partial charge in [0.05, 0.1) is 0 Å². The Morgan fingerprint density at radius 3 is 2.90 bits per heavy atom. The zero-order valence-corrected chi connectivity index (χ0v) is 7.35. The molecule has 0 aromatic carbocycles. The van der Waals surface area contributed by atoms with Crippen molar-refractivity contribution in [2.75, 3.05) is 5.73 Å². The smallest absolute Gasteiger partial charge is 0.108 e. The van der Waals surface area contributed by atoms with Crippen molar-refractivity contribution in [2.24, 2.45) is 0 Å². The molecule has 0 fully saturated rings. The van der Waals surface area contributed by atoms with Gasteiger partial charge in [-0.3, -0.25) is 0 Å². The lowest BCUT2D eigenvalue weighted by atomic mass is 10.2. The van der Waals surface area contributed by atoms with Crippen LogP contribution in [0.4, 0.5) is 5.69 Å². The third-order valence-corrected chi connectivity index (χ3v) is 1.80. The van der Waals surface area contributed by atoms with Crippen LogP contribution in [-0.4, -0.2) is 4.98 Å². The van der Waals surface area contributed by atoms with Crippen molar-refractivity contribution in [1.82, 2.24) is 4.98 Å². The molecule has 0 aliphatic rings. The summed E-state index contributed by atoms with van der Waals surface area (Å²) in [5, 5.41) is 0. The van der Waals surface area contributed by atoms with Crippen molar-refractivity contribution < 1.29 is 0 Å². The van der Waals surface area contributed by atoms with Crippen LogP contribution in [0.25, 0.3) is 0 Å². The number of aryl methyl sites for hydroxylation is 1. The summed E-state index contributed by atoms with van der Waals surface area (Å²) in [4.78, 5) is 4.05. The van der Waals surface area contributed by atoms with Crippen LogP contribution < -0.4 is 5.73 Å². The molecule has 3 heteroatoms. The van der Waals surface area contributed by atoms with Crippen LogP contribution in [0.1, 0.15) is 12.5 Å². The van der Waals surface area contributed by atoms with E-state index < -0.39 is 0 Å². The number of pyridine rings is 1. The maximum Gasteiger partial charge on any atom is 0.108 e. The number of hydrogen-bond acceptors (Lipinski definition) is 2. The molecule has 0 radical (unpaired) electrons. The normalized spacial score (nSPS) is 9.80. The second-order valence-corrected chi connectivity index (χ2v) is 2.87. The van der Waals surface area contributed by atoms with E-state index in [1.807, 2.05) is 6.07 Å². The third kappa shape index (κ3) is 1.48. The molecule has 0 bridgehead atoms. The lowest BCUT2D eigenvalue weighted by Gasteiger charge is -2.00. The molecule has 2 nitrogen and oxygen atoms in total. The van der Waals surface area contributed by atoms with E-state index in [-0.39, 0.29) is 0 Å². The first-order valence-corrected chi connectivity index (χ1v) is 3.93. The second-order valence-electron chi connectivity index (χ2n) is 2.06. The summed E-state index contributed by atoms with van der Waals surface area (Å²) < 4.78 is 0.794. The van der Waals surface area contributed by atoms with Gasteiger partial charge in [0, 0.05) is 11.9 Å². The fourth-order valence-corrected chi connectivity index (χ4v) is 1.12. The Balaban J connectivity index is 3.07. The molecule has 10 heavy (non-hydrogen) atoms. The van der Waals surface area contributed by atoms with Gasteiger partial charge < -0.3 is 5.73 Å². The SMILES string of the molecule is CCc1cnc(Br)cc1N. The zero-order valence-electron chi connectivity index (χ0n) is 5.76. The van der Waals surface area contributed by atoms with E-state index in [4.69, 9.17) is 5.73 Å². The number of nitrogen functional groups attached to an aromatic ring is 1. The monoisotopic (exact) mass is 200 g/mol. The van der Waals surface area contributed by atoms with Crippen molar-refractivity contribution in [2.45, 2.75) is 13.3 Å². The third-order valence-electron chi connectivity index (χ3n) is 1.37. The van der Waals surface area contributed by atoms with Crippen LogP contribution in [0.3, 0.4) is 0 Å². The van der Waals surface area contributed by atoms with Gasteiger partial charge in [-0.1, -0.05) is 6.92 Å². The number of anilines is 1. The number of hydrogen-bond donors (Lipinski definition) is 1. The highest BCUT2D eigenvalue weighted by molar-refractivity contribution is 9.10. The maximum atomic E-state index is 5.66. The summed E-state index contributed by atoms with van der Waals surface area (Å²) >= 11 is 3.23. The highest BCUT2D eigenvalue weighted by atomic mass is 79.9. The number of rotatable bonds is 1. The minimum absolute atomic E-state index is 0.794. The molecular weight excluding hydrogens is 192 g/mol. The Kier molecular flexibility index (Phi) is 2.27. The van der Waals surface area contributed by atoms with Crippen molar-refractivity contribution in [3.8, 4) is 0 Å². The zero-order chi connectivity index (χ0) is 7.56. The van der Waals surface area contributed by atoms with Gasteiger partial charge in [0.15, 0.2) is 0 Å². The van der Waals surface area contributed by atoms with Gasteiger partial charge in [0.2, 0.25) is 0 Å². The van der Waals surface area contributed by atoms with Crippen LogP contribution in [0.2, 0.25) is 0 Å². The summed E-state index contributed by atoms with van der Waals surface area (Å²) in [6.07, 6.45) is 2.73. The van der Waals surface area contributed by atoms with Crippen molar-refractivity contribution in [3.05, 3.63) is 22.4 Å². The number of halogens is 1. The molecule has 1 rings (SSSR count). The Bertz CT molecular complexity index is 235. The van der Waals surface area contributed by atoms with Gasteiger partial charge >= 0.3 is 0 Å². The molecule has 0 saturated carbocycles. The fraction of sp³-hybridized carbons (Fsp3) is 0.286. The lowest BCUT2D eigenvalue weighted by Crippen LogP contribution is -1.93. The minimum atomic E-state index is 0.794. The molecule has 0 amide bonds. The van der Waals surface area contributed by atoms with E-state index in [1.165, 1.54) is 0 Å². The molecule has 0 saturated heterocycles. The predicted molar refractivity (Wildman–Crippen MR) is 45.7 cm³/mol. The molecule has 0 spiro atoms. The first kappa shape index (κ1) is 7.54. The molecule has 0 aliphatic heterocycles. The lowest BCUT2D eigenvalue weighted by molar-refractivity contribution is 1.10. The van der Waals surface area contributed by atoms with Gasteiger partial charge in [0.1, 0.15) is 4.60 Å². The van der Waals surface area contributed by atoms with Crippen LogP contribution in [0, 0.1) is 0 Å². The predicted octanol–water partition coefficient (Wildman–Crippen LogP) is 1.99. The van der Waals surface area contributed by atoms with Gasteiger partial charge in [-0.05, 0) is 34.0 Å². The Morgan fingerprint density at radius 1 is 1.70 bits per heavy atom. The molecule has 1 aromatic rings. The molecule has 1 heterocycles. The van der Waals surface area contributed by atoms with Gasteiger partial charge in [-0.15, -0.1) is 0 Å². The Labute approximate surface area is 68.6 Å². The molecule has 2 N–H and O–H groups in total. The summed E-state index contributed by atoms with van der Waals surface area (Å²) in [6.45, 7) is 2.06. The maximum absolute atomic E-state index is 5.66. The number of nitrogens with two attached hydrogens (primary N) is 1. The van der Waals surface area contributed by atoms with Gasteiger partial charge in [-0.2, -0.15) is 0 Å². The van der Waals surface area contributed by atoms with E-state index in [2.05, 4.69) is 27.8 Å². The van der Waals surface area contributed by atoms with E-state index in [1.54, 1.807) is 6.20 Å². The first-order valence-electron chi connectivity index (χ1n) is 3.14. The van der Waals surface area contributed by atoms with E-state index in [9.17, 15) is 0 Å². The largest absolute Gasteiger partial charge is 0.398 e. The summed E-state index contributed by atoms with van der Waals surface area (Å²) in [6, 6.07) is 1.82. The van der Waals surface area contributed by atoms with Crippen LogP contribution >= 0.6 is 15.9 Å². The highest BCUT2D eigenvalue weighted by Crippen LogP contribution is 2.15. The van der Waals surface area contributed by atoms with Crippen molar-refractivity contribution in [3.63, 3.8) is 0 Å². The van der Waals surface area contributed by atoms with Gasteiger partial charge in [-0.25, -0.2) is 4.98 Å². The Morgan fingerprint density at radius 2 is 2.40 bits per heavy atom. The summed E-state index contributed by atoms with van der Waals surface area (Å²) in [7, 11) is 0. The molecule has 0 aliphatic carbocycles. The average molecular weight is 201 g/mol. The van der Waals surface area contributed by atoms with Crippen molar-refractivity contribution >= 4 is 21.6 Å². The number of aromatic nitrogens is 1.